The fourth-order valence-corrected chi connectivity index (χ4v) is 2.21. The van der Waals surface area contributed by atoms with Crippen LogP contribution in [0.2, 0.25) is 0 Å². The third kappa shape index (κ3) is 3.10. The lowest BCUT2D eigenvalue weighted by atomic mass is 10.1. The number of rotatable bonds is 4. The normalized spacial score (nSPS) is 11.8. The van der Waals surface area contributed by atoms with E-state index in [2.05, 4.69) is 20.7 Å². The Morgan fingerprint density at radius 3 is 2.50 bits per heavy atom. The summed E-state index contributed by atoms with van der Waals surface area (Å²) in [6, 6.07) is 7.36. The van der Waals surface area contributed by atoms with Gasteiger partial charge in [0.1, 0.15) is 5.92 Å². The molecule has 1 rings (SSSR count). The number of benzene rings is 1. The fourth-order valence-electron chi connectivity index (χ4n) is 1.66. The number of para-hydroxylation sites is 1. The van der Waals surface area contributed by atoms with Crippen LogP contribution in [-0.2, 0) is 14.3 Å². The summed E-state index contributed by atoms with van der Waals surface area (Å²) < 4.78 is 5.45. The number of hydrogen-bond donors (Lipinski definition) is 0. The molecule has 1 atom stereocenters. The second-order valence-electron chi connectivity index (χ2n) is 3.83. The zero-order chi connectivity index (χ0) is 13.7. The average molecular weight is 314 g/mol. The van der Waals surface area contributed by atoms with E-state index >= 15 is 0 Å². The number of esters is 1. The van der Waals surface area contributed by atoms with E-state index in [4.69, 9.17) is 0 Å². The summed E-state index contributed by atoms with van der Waals surface area (Å²) in [6.45, 7) is 1.79. The van der Waals surface area contributed by atoms with E-state index in [1.807, 2.05) is 24.3 Å². The lowest BCUT2D eigenvalue weighted by Crippen LogP contribution is -2.37. The zero-order valence-corrected chi connectivity index (χ0v) is 12.2. The van der Waals surface area contributed by atoms with Gasteiger partial charge in [-0.25, -0.2) is 0 Å². The van der Waals surface area contributed by atoms with E-state index in [-0.39, 0.29) is 5.91 Å². The lowest BCUT2D eigenvalue weighted by molar-refractivity contribution is -0.149. The lowest BCUT2D eigenvalue weighted by Gasteiger charge is -2.22. The predicted octanol–water partition coefficient (Wildman–Crippen LogP) is 2.61. The number of carbonyl (C=O) groups is 2. The molecular weight excluding hydrogens is 298 g/mol. The van der Waals surface area contributed by atoms with Crippen LogP contribution < -0.4 is 4.90 Å². The Hall–Kier alpha value is -1.36. The average Bonchev–Trinajstić information content (AvgIpc) is 2.38. The molecular formula is C13H16BrNO3. The van der Waals surface area contributed by atoms with Gasteiger partial charge in [0.2, 0.25) is 5.91 Å². The molecule has 18 heavy (non-hydrogen) atoms. The number of hydrogen-bond acceptors (Lipinski definition) is 3. The number of nitrogens with zero attached hydrogens (tertiary/aromatic N) is 1. The molecule has 98 valence electrons. The first-order chi connectivity index (χ1) is 8.52. The summed E-state index contributed by atoms with van der Waals surface area (Å²) in [5, 5.41) is 0. The SMILES string of the molecule is CCC(C(=O)OC)C(=O)N(C)c1ccccc1Br. The minimum Gasteiger partial charge on any atom is -0.468 e. The number of carbonyl (C=O) groups excluding carboxylic acids is 2. The smallest absolute Gasteiger partial charge is 0.318 e. The Bertz CT molecular complexity index is 448. The molecule has 1 aromatic rings. The second-order valence-corrected chi connectivity index (χ2v) is 4.69. The maximum atomic E-state index is 12.2. The van der Waals surface area contributed by atoms with Crippen LogP contribution in [-0.4, -0.2) is 26.0 Å². The van der Waals surface area contributed by atoms with Crippen LogP contribution in [0.3, 0.4) is 0 Å². The van der Waals surface area contributed by atoms with Gasteiger partial charge in [0.25, 0.3) is 0 Å². The van der Waals surface area contributed by atoms with Gasteiger partial charge in [-0.05, 0) is 34.5 Å². The van der Waals surface area contributed by atoms with Gasteiger partial charge in [-0.1, -0.05) is 19.1 Å². The fraction of sp³-hybridized carbons (Fsp3) is 0.385. The van der Waals surface area contributed by atoms with Crippen molar-refractivity contribution < 1.29 is 14.3 Å². The number of anilines is 1. The summed E-state index contributed by atoms with van der Waals surface area (Å²) in [5.41, 5.74) is 0.727. The van der Waals surface area contributed by atoms with E-state index in [9.17, 15) is 9.59 Å². The summed E-state index contributed by atoms with van der Waals surface area (Å²) in [5.74, 6) is -1.52. The van der Waals surface area contributed by atoms with Gasteiger partial charge in [-0.2, -0.15) is 0 Å². The van der Waals surface area contributed by atoms with E-state index < -0.39 is 11.9 Å². The molecule has 0 aliphatic carbocycles. The molecule has 1 aromatic carbocycles. The van der Waals surface area contributed by atoms with Crippen LogP contribution in [0.15, 0.2) is 28.7 Å². The first kappa shape index (κ1) is 14.7. The molecule has 0 N–H and O–H groups in total. The Balaban J connectivity index is 2.96. The number of ether oxygens (including phenoxy) is 1. The Kier molecular flexibility index (Phi) is 5.34. The van der Waals surface area contributed by atoms with Gasteiger partial charge in [-0.15, -0.1) is 0 Å². The third-order valence-electron chi connectivity index (χ3n) is 2.74. The van der Waals surface area contributed by atoms with Crippen molar-refractivity contribution in [1.82, 2.24) is 0 Å². The number of halogens is 1. The van der Waals surface area contributed by atoms with Crippen molar-refractivity contribution in [3.8, 4) is 0 Å². The van der Waals surface area contributed by atoms with Gasteiger partial charge in [-0.3, -0.25) is 9.59 Å². The van der Waals surface area contributed by atoms with Crippen LogP contribution >= 0.6 is 15.9 Å². The van der Waals surface area contributed by atoms with E-state index in [0.29, 0.717) is 6.42 Å². The van der Waals surface area contributed by atoms with Crippen molar-refractivity contribution in [2.45, 2.75) is 13.3 Å². The monoisotopic (exact) mass is 313 g/mol. The molecule has 0 saturated carbocycles. The first-order valence-corrected chi connectivity index (χ1v) is 6.42. The molecule has 0 radical (unpaired) electrons. The van der Waals surface area contributed by atoms with Crippen molar-refractivity contribution in [2.75, 3.05) is 19.1 Å². The van der Waals surface area contributed by atoms with Gasteiger partial charge in [0.05, 0.1) is 12.8 Å². The standard InChI is InChI=1S/C13H16BrNO3/c1-4-9(13(17)18-3)12(16)15(2)11-8-6-5-7-10(11)14/h5-9H,4H2,1-3H3. The maximum absolute atomic E-state index is 12.2. The molecule has 1 unspecified atom stereocenters. The van der Waals surface area contributed by atoms with Crippen molar-refractivity contribution in [3.05, 3.63) is 28.7 Å². The maximum Gasteiger partial charge on any atom is 0.318 e. The van der Waals surface area contributed by atoms with Crippen LogP contribution in [0, 0.1) is 5.92 Å². The van der Waals surface area contributed by atoms with Crippen molar-refractivity contribution in [1.29, 1.82) is 0 Å². The van der Waals surface area contributed by atoms with Crippen molar-refractivity contribution in [3.63, 3.8) is 0 Å². The molecule has 1 amide bonds. The Labute approximate surface area is 115 Å². The van der Waals surface area contributed by atoms with Crippen LogP contribution in [0.1, 0.15) is 13.3 Å². The minimum atomic E-state index is -0.757. The minimum absolute atomic E-state index is 0.267. The second kappa shape index (κ2) is 6.54. The highest BCUT2D eigenvalue weighted by Crippen LogP contribution is 2.26. The molecule has 0 heterocycles. The molecule has 0 saturated heterocycles. The molecule has 0 aromatic heterocycles. The Morgan fingerprint density at radius 1 is 1.39 bits per heavy atom. The van der Waals surface area contributed by atoms with Gasteiger partial charge >= 0.3 is 5.97 Å². The van der Waals surface area contributed by atoms with E-state index in [1.54, 1.807) is 14.0 Å². The molecule has 5 heteroatoms. The number of methoxy groups -OCH3 is 1. The van der Waals surface area contributed by atoms with E-state index in [0.717, 1.165) is 10.2 Å². The van der Waals surface area contributed by atoms with Crippen LogP contribution in [0.5, 0.6) is 0 Å². The van der Waals surface area contributed by atoms with Gasteiger partial charge < -0.3 is 9.64 Å². The zero-order valence-electron chi connectivity index (χ0n) is 10.6. The van der Waals surface area contributed by atoms with Crippen LogP contribution in [0.4, 0.5) is 5.69 Å². The Morgan fingerprint density at radius 2 is 2.00 bits per heavy atom. The summed E-state index contributed by atoms with van der Waals surface area (Å²) in [6.07, 6.45) is 0.417. The topological polar surface area (TPSA) is 46.6 Å². The summed E-state index contributed by atoms with van der Waals surface area (Å²) in [4.78, 5) is 25.2. The largest absolute Gasteiger partial charge is 0.468 e. The number of amides is 1. The quantitative estimate of drug-likeness (QED) is 0.634. The summed E-state index contributed by atoms with van der Waals surface area (Å²) in [7, 11) is 2.94. The molecule has 0 bridgehead atoms. The molecule has 0 spiro atoms. The van der Waals surface area contributed by atoms with Crippen molar-refractivity contribution >= 4 is 33.5 Å². The summed E-state index contributed by atoms with van der Waals surface area (Å²) >= 11 is 3.38. The molecule has 0 fully saturated rings. The highest BCUT2D eigenvalue weighted by atomic mass is 79.9. The van der Waals surface area contributed by atoms with Crippen LogP contribution in [0.25, 0.3) is 0 Å². The van der Waals surface area contributed by atoms with E-state index in [1.165, 1.54) is 12.0 Å². The highest BCUT2D eigenvalue weighted by molar-refractivity contribution is 9.10. The first-order valence-electron chi connectivity index (χ1n) is 5.62. The van der Waals surface area contributed by atoms with Gasteiger partial charge in [0.15, 0.2) is 0 Å². The van der Waals surface area contributed by atoms with Crippen molar-refractivity contribution in [2.24, 2.45) is 5.92 Å². The molecule has 4 nitrogen and oxygen atoms in total. The highest BCUT2D eigenvalue weighted by Gasteiger charge is 2.29. The van der Waals surface area contributed by atoms with Gasteiger partial charge in [0, 0.05) is 11.5 Å². The predicted molar refractivity (Wildman–Crippen MR) is 73.3 cm³/mol. The molecule has 0 aliphatic rings. The third-order valence-corrected chi connectivity index (χ3v) is 3.41. The molecule has 0 aliphatic heterocycles.